The first kappa shape index (κ1) is 12.2. The van der Waals surface area contributed by atoms with Gasteiger partial charge in [-0.15, -0.1) is 6.58 Å². The molecule has 0 radical (unpaired) electrons. The molecule has 2 saturated heterocycles. The van der Waals surface area contributed by atoms with Crippen LogP contribution in [0.3, 0.4) is 0 Å². The zero-order chi connectivity index (χ0) is 12.0. The monoisotopic (exact) mass is 223 g/mol. The van der Waals surface area contributed by atoms with Gasteiger partial charge in [-0.25, -0.2) is 0 Å². The van der Waals surface area contributed by atoms with Crippen molar-refractivity contribution in [2.75, 3.05) is 13.1 Å². The molecule has 4 heteroatoms. The molecule has 1 atom stereocenters. The molecule has 0 bridgehead atoms. The Morgan fingerprint density at radius 2 is 1.81 bits per heavy atom. The van der Waals surface area contributed by atoms with E-state index in [9.17, 15) is 0 Å². The fraction of sp³-hybridized carbons (Fsp3) is 0.833. The molecule has 1 unspecified atom stereocenters. The van der Waals surface area contributed by atoms with Gasteiger partial charge in [0.25, 0.3) is 0 Å². The van der Waals surface area contributed by atoms with Crippen molar-refractivity contribution in [2.24, 2.45) is 5.92 Å². The Hall–Kier alpha value is -0.315. The summed E-state index contributed by atoms with van der Waals surface area (Å²) in [6.45, 7) is 14.5. The van der Waals surface area contributed by atoms with Crippen molar-refractivity contribution in [2.45, 2.75) is 45.3 Å². The molecule has 0 aromatic carbocycles. The Bertz CT molecular complexity index is 279. The minimum atomic E-state index is -0.257. The Balaban J connectivity index is 2.05. The molecular weight excluding hydrogens is 201 g/mol. The Kier molecular flexibility index (Phi) is 2.93. The molecule has 3 nitrogen and oxygen atoms in total. The van der Waals surface area contributed by atoms with E-state index in [2.05, 4.69) is 39.6 Å². The average molecular weight is 223 g/mol. The van der Waals surface area contributed by atoms with E-state index in [4.69, 9.17) is 9.31 Å². The summed E-state index contributed by atoms with van der Waals surface area (Å²) in [7, 11) is -0.241. The third-order valence-corrected chi connectivity index (χ3v) is 4.14. The smallest absolute Gasteiger partial charge is 0.400 e. The molecule has 90 valence electrons. The Morgan fingerprint density at radius 3 is 2.25 bits per heavy atom. The zero-order valence-corrected chi connectivity index (χ0v) is 10.8. The van der Waals surface area contributed by atoms with Crippen LogP contribution in [-0.4, -0.2) is 31.4 Å². The highest BCUT2D eigenvalue weighted by Gasteiger charge is 2.52. The highest BCUT2D eigenvalue weighted by atomic mass is 16.7. The topological polar surface area (TPSA) is 30.5 Å². The molecule has 16 heavy (non-hydrogen) atoms. The van der Waals surface area contributed by atoms with Gasteiger partial charge in [-0.2, -0.15) is 0 Å². The summed E-state index contributed by atoms with van der Waals surface area (Å²) in [6.07, 6.45) is 1.14. The van der Waals surface area contributed by atoms with Crippen molar-refractivity contribution in [3.05, 3.63) is 12.1 Å². The summed E-state index contributed by atoms with van der Waals surface area (Å²) >= 11 is 0. The maximum Gasteiger partial charge on any atom is 0.490 e. The van der Waals surface area contributed by atoms with Crippen molar-refractivity contribution in [3.8, 4) is 0 Å². The molecule has 0 aromatic rings. The van der Waals surface area contributed by atoms with Crippen LogP contribution in [0.2, 0.25) is 0 Å². The van der Waals surface area contributed by atoms with Gasteiger partial charge >= 0.3 is 7.12 Å². The van der Waals surface area contributed by atoms with E-state index in [0.717, 1.165) is 25.0 Å². The van der Waals surface area contributed by atoms with E-state index in [-0.39, 0.29) is 18.3 Å². The molecule has 2 heterocycles. The SMILES string of the molecule is C=C(B1OC(C)(C)C(C)(C)O1)C1CCNC1. The lowest BCUT2D eigenvalue weighted by atomic mass is 9.71. The van der Waals surface area contributed by atoms with Gasteiger partial charge in [0.2, 0.25) is 0 Å². The van der Waals surface area contributed by atoms with Gasteiger partial charge in [0, 0.05) is 6.54 Å². The summed E-state index contributed by atoms with van der Waals surface area (Å²) in [6, 6.07) is 0. The summed E-state index contributed by atoms with van der Waals surface area (Å²) in [5.74, 6) is 0.495. The molecule has 0 spiro atoms. The van der Waals surface area contributed by atoms with Crippen LogP contribution in [0.4, 0.5) is 0 Å². The van der Waals surface area contributed by atoms with Gasteiger partial charge < -0.3 is 14.6 Å². The maximum absolute atomic E-state index is 5.99. The summed E-state index contributed by atoms with van der Waals surface area (Å²) in [5.41, 5.74) is 0.572. The van der Waals surface area contributed by atoms with Crippen LogP contribution in [-0.2, 0) is 9.31 Å². The number of hydrogen-bond acceptors (Lipinski definition) is 3. The predicted molar refractivity (Wildman–Crippen MR) is 66.2 cm³/mol. The Morgan fingerprint density at radius 1 is 1.25 bits per heavy atom. The minimum absolute atomic E-state index is 0.241. The van der Waals surface area contributed by atoms with Gasteiger partial charge in [-0.05, 0) is 52.1 Å². The van der Waals surface area contributed by atoms with Crippen molar-refractivity contribution >= 4 is 7.12 Å². The third-order valence-electron chi connectivity index (χ3n) is 4.14. The summed E-state index contributed by atoms with van der Waals surface area (Å²) < 4.78 is 12.0. The highest BCUT2D eigenvalue weighted by molar-refractivity contribution is 6.54. The standard InChI is InChI=1S/C12H22BNO2/c1-9(10-6-7-14-8-10)13-15-11(2,3)12(4,5)16-13/h10,14H,1,6-8H2,2-5H3. The first-order chi connectivity index (χ1) is 7.33. The van der Waals surface area contributed by atoms with Gasteiger partial charge in [-0.3, -0.25) is 0 Å². The van der Waals surface area contributed by atoms with Crippen LogP contribution in [0, 0.1) is 5.92 Å². The quantitative estimate of drug-likeness (QED) is 0.724. The van der Waals surface area contributed by atoms with Crippen molar-refractivity contribution in [1.29, 1.82) is 0 Å². The van der Waals surface area contributed by atoms with E-state index in [1.165, 1.54) is 0 Å². The molecule has 0 saturated carbocycles. The van der Waals surface area contributed by atoms with Crippen molar-refractivity contribution < 1.29 is 9.31 Å². The molecule has 0 aliphatic carbocycles. The van der Waals surface area contributed by atoms with Gasteiger partial charge in [0.05, 0.1) is 11.2 Å². The van der Waals surface area contributed by atoms with Crippen molar-refractivity contribution in [3.63, 3.8) is 0 Å². The number of nitrogens with one attached hydrogen (secondary N) is 1. The second-order valence-corrected chi connectivity index (χ2v) is 5.85. The fourth-order valence-corrected chi connectivity index (χ4v) is 2.16. The molecule has 1 N–H and O–H groups in total. The molecule has 2 aliphatic rings. The van der Waals surface area contributed by atoms with E-state index in [0.29, 0.717) is 5.92 Å². The summed E-state index contributed by atoms with van der Waals surface area (Å²) in [5, 5.41) is 3.35. The molecule has 2 rings (SSSR count). The van der Waals surface area contributed by atoms with Crippen LogP contribution in [0.5, 0.6) is 0 Å². The van der Waals surface area contributed by atoms with Crippen LogP contribution < -0.4 is 5.32 Å². The van der Waals surface area contributed by atoms with E-state index in [1.54, 1.807) is 0 Å². The predicted octanol–water partition coefficient (Wildman–Crippen LogP) is 1.78. The first-order valence-electron chi connectivity index (χ1n) is 6.08. The number of hydrogen-bond donors (Lipinski definition) is 1. The van der Waals surface area contributed by atoms with Crippen LogP contribution in [0.1, 0.15) is 34.1 Å². The first-order valence-corrected chi connectivity index (χ1v) is 6.08. The van der Waals surface area contributed by atoms with E-state index < -0.39 is 0 Å². The van der Waals surface area contributed by atoms with Crippen LogP contribution in [0.15, 0.2) is 12.1 Å². The second kappa shape index (κ2) is 3.86. The normalized spacial score (nSPS) is 32.0. The largest absolute Gasteiger partial charge is 0.490 e. The lowest BCUT2D eigenvalue weighted by Gasteiger charge is -2.32. The summed E-state index contributed by atoms with van der Waals surface area (Å²) in [4.78, 5) is 0. The van der Waals surface area contributed by atoms with Gasteiger partial charge in [0.1, 0.15) is 0 Å². The van der Waals surface area contributed by atoms with E-state index in [1.807, 2.05) is 0 Å². The highest BCUT2D eigenvalue weighted by Crippen LogP contribution is 2.39. The van der Waals surface area contributed by atoms with Gasteiger partial charge in [-0.1, -0.05) is 0 Å². The van der Waals surface area contributed by atoms with Crippen molar-refractivity contribution in [1.82, 2.24) is 5.32 Å². The molecular formula is C12H22BNO2. The molecule has 2 aliphatic heterocycles. The molecule has 2 fully saturated rings. The lowest BCUT2D eigenvalue weighted by Crippen LogP contribution is -2.41. The lowest BCUT2D eigenvalue weighted by molar-refractivity contribution is 0.00578. The Labute approximate surface area is 98.7 Å². The van der Waals surface area contributed by atoms with E-state index >= 15 is 0 Å². The maximum atomic E-state index is 5.99. The number of rotatable bonds is 2. The second-order valence-electron chi connectivity index (χ2n) is 5.85. The van der Waals surface area contributed by atoms with Gasteiger partial charge in [0.15, 0.2) is 0 Å². The molecule has 0 aromatic heterocycles. The molecule has 0 amide bonds. The average Bonchev–Trinajstić information content (AvgIpc) is 2.72. The zero-order valence-electron chi connectivity index (χ0n) is 10.8. The van der Waals surface area contributed by atoms with Crippen LogP contribution >= 0.6 is 0 Å². The minimum Gasteiger partial charge on any atom is -0.400 e. The fourth-order valence-electron chi connectivity index (χ4n) is 2.16. The third kappa shape index (κ3) is 1.94. The van der Waals surface area contributed by atoms with Crippen LogP contribution in [0.25, 0.3) is 0 Å².